The summed E-state index contributed by atoms with van der Waals surface area (Å²) in [4.78, 5) is 13.0. The summed E-state index contributed by atoms with van der Waals surface area (Å²) in [6.45, 7) is 4.55. The molecule has 0 unspecified atom stereocenters. The molecule has 0 saturated carbocycles. The molecule has 1 aliphatic heterocycles. The number of fused-ring (bicyclic) bond motifs is 1. The number of hydrogen-bond donors (Lipinski definition) is 1. The van der Waals surface area contributed by atoms with E-state index < -0.39 is 6.10 Å². The Morgan fingerprint density at radius 2 is 2.00 bits per heavy atom. The molecule has 6 nitrogen and oxygen atoms in total. The SMILES string of the molecule is Cc1ccc(OC[C@@H](O)CN2CCc3ncnc(N(C)C)c3C2)cc1. The number of benzene rings is 1. The predicted molar refractivity (Wildman–Crippen MR) is 98.0 cm³/mol. The fourth-order valence-electron chi connectivity index (χ4n) is 3.10. The Bertz CT molecular complexity index is 703. The normalized spacial score (nSPS) is 15.5. The summed E-state index contributed by atoms with van der Waals surface area (Å²) in [5, 5.41) is 10.3. The van der Waals surface area contributed by atoms with Gasteiger partial charge in [0.2, 0.25) is 0 Å². The van der Waals surface area contributed by atoms with Crippen molar-refractivity contribution in [1.82, 2.24) is 14.9 Å². The van der Waals surface area contributed by atoms with E-state index in [-0.39, 0.29) is 6.61 Å². The monoisotopic (exact) mass is 342 g/mol. The summed E-state index contributed by atoms with van der Waals surface area (Å²) in [7, 11) is 3.98. The van der Waals surface area contributed by atoms with Crippen molar-refractivity contribution in [3.63, 3.8) is 0 Å². The lowest BCUT2D eigenvalue weighted by atomic mass is 10.1. The van der Waals surface area contributed by atoms with Gasteiger partial charge in [-0.25, -0.2) is 9.97 Å². The van der Waals surface area contributed by atoms with Gasteiger partial charge < -0.3 is 14.7 Å². The highest BCUT2D eigenvalue weighted by molar-refractivity contribution is 5.48. The van der Waals surface area contributed by atoms with Crippen LogP contribution >= 0.6 is 0 Å². The van der Waals surface area contributed by atoms with Gasteiger partial charge in [0, 0.05) is 45.7 Å². The minimum atomic E-state index is -0.532. The molecule has 1 atom stereocenters. The standard InChI is InChI=1S/C19H26N4O2/c1-14-4-6-16(7-5-14)25-12-15(24)10-23-9-8-18-17(11-23)19(22(2)3)21-13-20-18/h4-7,13,15,24H,8-12H2,1-3H3/t15-/m0/s1. The topological polar surface area (TPSA) is 61.7 Å². The number of aliphatic hydroxyl groups excluding tert-OH is 1. The Hall–Kier alpha value is -2.18. The Balaban J connectivity index is 1.56. The number of anilines is 1. The molecule has 0 aliphatic carbocycles. The number of aromatic nitrogens is 2. The van der Waals surface area contributed by atoms with Crippen LogP contribution < -0.4 is 9.64 Å². The third-order valence-corrected chi connectivity index (χ3v) is 4.41. The number of nitrogens with zero attached hydrogens (tertiary/aromatic N) is 4. The summed E-state index contributed by atoms with van der Waals surface area (Å²) in [6.07, 6.45) is 1.98. The van der Waals surface area contributed by atoms with Gasteiger partial charge in [-0.2, -0.15) is 0 Å². The average molecular weight is 342 g/mol. The minimum Gasteiger partial charge on any atom is -0.491 e. The minimum absolute atomic E-state index is 0.290. The number of aliphatic hydroxyl groups is 1. The smallest absolute Gasteiger partial charge is 0.136 e. The van der Waals surface area contributed by atoms with Crippen LogP contribution in [0.4, 0.5) is 5.82 Å². The van der Waals surface area contributed by atoms with E-state index in [9.17, 15) is 5.11 Å². The molecule has 2 aromatic rings. The van der Waals surface area contributed by atoms with Crippen molar-refractivity contribution in [2.24, 2.45) is 0 Å². The molecule has 6 heteroatoms. The predicted octanol–water partition coefficient (Wildman–Crippen LogP) is 1.65. The van der Waals surface area contributed by atoms with Crippen molar-refractivity contribution in [3.8, 4) is 5.75 Å². The third kappa shape index (κ3) is 4.46. The number of hydrogen-bond acceptors (Lipinski definition) is 6. The maximum absolute atomic E-state index is 10.3. The van der Waals surface area contributed by atoms with E-state index in [1.54, 1.807) is 6.33 Å². The van der Waals surface area contributed by atoms with Gasteiger partial charge in [0.1, 0.15) is 30.6 Å². The molecule has 25 heavy (non-hydrogen) atoms. The lowest BCUT2D eigenvalue weighted by Crippen LogP contribution is -2.39. The van der Waals surface area contributed by atoms with Crippen molar-refractivity contribution in [2.45, 2.75) is 26.0 Å². The van der Waals surface area contributed by atoms with Gasteiger partial charge in [0.15, 0.2) is 0 Å². The molecule has 0 bridgehead atoms. The molecule has 0 radical (unpaired) electrons. The van der Waals surface area contributed by atoms with E-state index >= 15 is 0 Å². The highest BCUT2D eigenvalue weighted by Crippen LogP contribution is 2.24. The largest absolute Gasteiger partial charge is 0.491 e. The van der Waals surface area contributed by atoms with Crippen LogP contribution in [-0.2, 0) is 13.0 Å². The van der Waals surface area contributed by atoms with Gasteiger partial charge in [0.25, 0.3) is 0 Å². The van der Waals surface area contributed by atoms with Crippen LogP contribution in [0.25, 0.3) is 0 Å². The maximum Gasteiger partial charge on any atom is 0.136 e. The van der Waals surface area contributed by atoms with Gasteiger partial charge in [-0.1, -0.05) is 17.7 Å². The van der Waals surface area contributed by atoms with Crippen LogP contribution in [0.15, 0.2) is 30.6 Å². The molecule has 2 heterocycles. The Morgan fingerprint density at radius 1 is 1.24 bits per heavy atom. The van der Waals surface area contributed by atoms with Crippen LogP contribution in [-0.4, -0.2) is 59.9 Å². The van der Waals surface area contributed by atoms with Crippen molar-refractivity contribution in [3.05, 3.63) is 47.4 Å². The van der Waals surface area contributed by atoms with Gasteiger partial charge in [-0.05, 0) is 19.1 Å². The van der Waals surface area contributed by atoms with E-state index in [1.807, 2.05) is 50.2 Å². The van der Waals surface area contributed by atoms with Crippen LogP contribution in [0.2, 0.25) is 0 Å². The van der Waals surface area contributed by atoms with Crippen LogP contribution in [0.1, 0.15) is 16.8 Å². The highest BCUT2D eigenvalue weighted by Gasteiger charge is 2.23. The second-order valence-corrected chi connectivity index (χ2v) is 6.78. The van der Waals surface area contributed by atoms with Crippen molar-refractivity contribution in [2.75, 3.05) is 38.7 Å². The van der Waals surface area contributed by atoms with E-state index in [0.29, 0.717) is 6.54 Å². The van der Waals surface area contributed by atoms with Crippen molar-refractivity contribution < 1.29 is 9.84 Å². The summed E-state index contributed by atoms with van der Waals surface area (Å²) in [5.41, 5.74) is 3.46. The maximum atomic E-state index is 10.3. The molecule has 134 valence electrons. The molecule has 0 fully saturated rings. The molecule has 0 spiro atoms. The first kappa shape index (κ1) is 17.6. The number of ether oxygens (including phenoxy) is 1. The first-order valence-electron chi connectivity index (χ1n) is 8.63. The second-order valence-electron chi connectivity index (χ2n) is 6.78. The summed E-state index contributed by atoms with van der Waals surface area (Å²) >= 11 is 0. The molecule has 1 aromatic carbocycles. The van der Waals surface area contributed by atoms with E-state index in [4.69, 9.17) is 4.74 Å². The summed E-state index contributed by atoms with van der Waals surface area (Å²) in [5.74, 6) is 1.75. The molecule has 1 aromatic heterocycles. The molecule has 1 N–H and O–H groups in total. The number of rotatable bonds is 6. The number of aryl methyl sites for hydroxylation is 1. The fraction of sp³-hybridized carbons (Fsp3) is 0.474. The quantitative estimate of drug-likeness (QED) is 0.861. The first-order chi connectivity index (χ1) is 12.0. The lowest BCUT2D eigenvalue weighted by Gasteiger charge is -2.31. The fourth-order valence-corrected chi connectivity index (χ4v) is 3.10. The molecule has 0 saturated heterocycles. The zero-order valence-corrected chi connectivity index (χ0v) is 15.1. The van der Waals surface area contributed by atoms with E-state index in [1.165, 1.54) is 5.56 Å². The van der Waals surface area contributed by atoms with Crippen LogP contribution in [0.5, 0.6) is 5.75 Å². The molecular weight excluding hydrogens is 316 g/mol. The molecule has 0 amide bonds. The summed E-state index contributed by atoms with van der Waals surface area (Å²) in [6, 6.07) is 7.87. The zero-order chi connectivity index (χ0) is 17.8. The summed E-state index contributed by atoms with van der Waals surface area (Å²) < 4.78 is 5.69. The van der Waals surface area contributed by atoms with Gasteiger partial charge in [-0.15, -0.1) is 0 Å². The van der Waals surface area contributed by atoms with E-state index in [2.05, 4.69) is 14.9 Å². The third-order valence-electron chi connectivity index (χ3n) is 4.41. The molecular formula is C19H26N4O2. The molecule has 1 aliphatic rings. The average Bonchev–Trinajstić information content (AvgIpc) is 2.60. The molecule has 3 rings (SSSR count). The van der Waals surface area contributed by atoms with Crippen molar-refractivity contribution in [1.29, 1.82) is 0 Å². The highest BCUT2D eigenvalue weighted by atomic mass is 16.5. The Labute approximate surface area is 149 Å². The second kappa shape index (κ2) is 7.80. The van der Waals surface area contributed by atoms with Crippen LogP contribution in [0, 0.1) is 6.92 Å². The Morgan fingerprint density at radius 3 is 2.72 bits per heavy atom. The first-order valence-corrected chi connectivity index (χ1v) is 8.63. The van der Waals surface area contributed by atoms with Gasteiger partial charge in [0.05, 0.1) is 5.69 Å². The lowest BCUT2D eigenvalue weighted by molar-refractivity contribution is 0.0635. The van der Waals surface area contributed by atoms with Gasteiger partial charge in [-0.3, -0.25) is 4.90 Å². The zero-order valence-electron chi connectivity index (χ0n) is 15.1. The van der Waals surface area contributed by atoms with E-state index in [0.717, 1.165) is 42.3 Å². The van der Waals surface area contributed by atoms with Crippen LogP contribution in [0.3, 0.4) is 0 Å². The van der Waals surface area contributed by atoms with Gasteiger partial charge >= 0.3 is 0 Å². The Kier molecular flexibility index (Phi) is 5.50. The number of β-amino-alcohol motifs (C(OH)–C–C–N with tert-alkyl or cyclic N) is 1. The van der Waals surface area contributed by atoms with Crippen molar-refractivity contribution >= 4 is 5.82 Å².